The number of aromatic nitrogens is 2. The maximum atomic E-state index is 11.8. The lowest BCUT2D eigenvalue weighted by molar-refractivity contribution is -0.159. The Hall–Kier alpha value is -3.27. The lowest BCUT2D eigenvalue weighted by Crippen LogP contribution is -2.40. The van der Waals surface area contributed by atoms with Crippen LogP contribution in [0.25, 0.3) is 0 Å². The van der Waals surface area contributed by atoms with Gasteiger partial charge in [0, 0.05) is 43.8 Å². The molecule has 0 saturated carbocycles. The molecule has 168 valence electrons. The third kappa shape index (κ3) is 6.88. The summed E-state index contributed by atoms with van der Waals surface area (Å²) in [5, 5.41) is 14.6. The van der Waals surface area contributed by atoms with E-state index in [0.717, 1.165) is 0 Å². The number of aromatic hydroxyl groups is 1. The van der Waals surface area contributed by atoms with Crippen LogP contribution in [0.4, 0.5) is 16.3 Å². The summed E-state index contributed by atoms with van der Waals surface area (Å²) < 4.78 is 16.2. The zero-order valence-corrected chi connectivity index (χ0v) is 18.1. The molecule has 0 aliphatic carbocycles. The first-order valence-electron chi connectivity index (χ1n) is 10.0. The highest BCUT2D eigenvalue weighted by atomic mass is 16.8. The van der Waals surface area contributed by atoms with Crippen LogP contribution in [-0.2, 0) is 9.57 Å². The Balaban J connectivity index is 1.50. The number of anilines is 2. The number of phenols is 1. The number of ether oxygens (including phenoxy) is 3. The fourth-order valence-electron chi connectivity index (χ4n) is 2.97. The first-order valence-corrected chi connectivity index (χ1v) is 10.0. The maximum absolute atomic E-state index is 11.8. The zero-order valence-electron chi connectivity index (χ0n) is 18.1. The number of hydroxylamine groups is 2. The molecule has 1 aliphatic rings. The third-order valence-corrected chi connectivity index (χ3v) is 4.37. The van der Waals surface area contributed by atoms with Crippen molar-refractivity contribution < 1.29 is 28.9 Å². The maximum Gasteiger partial charge on any atom is 0.528 e. The minimum atomic E-state index is -0.706. The van der Waals surface area contributed by atoms with Crippen molar-refractivity contribution >= 4 is 17.7 Å². The minimum absolute atomic E-state index is 0.0263. The van der Waals surface area contributed by atoms with Crippen molar-refractivity contribution in [2.45, 2.75) is 45.3 Å². The number of piperidine rings is 1. The Labute approximate surface area is 181 Å². The summed E-state index contributed by atoms with van der Waals surface area (Å²) in [4.78, 5) is 25.4. The normalized spacial score (nSPS) is 15.2. The van der Waals surface area contributed by atoms with Gasteiger partial charge in [-0.1, -0.05) is 0 Å². The van der Waals surface area contributed by atoms with Gasteiger partial charge in [0.2, 0.25) is 5.88 Å². The van der Waals surface area contributed by atoms with E-state index >= 15 is 0 Å². The number of phenolic OH excluding ortho intramolecular Hbond substituents is 1. The van der Waals surface area contributed by atoms with E-state index in [0.29, 0.717) is 49.1 Å². The number of hydrogen-bond acceptors (Lipinski definition) is 10. The fourth-order valence-corrected chi connectivity index (χ4v) is 2.97. The third-order valence-electron chi connectivity index (χ3n) is 4.37. The predicted octanol–water partition coefficient (Wildman–Crippen LogP) is 3.64. The van der Waals surface area contributed by atoms with Crippen LogP contribution in [0, 0.1) is 0 Å². The number of nitrogens with one attached hydrogen (secondary N) is 1. The van der Waals surface area contributed by atoms with Crippen molar-refractivity contribution in [1.29, 1.82) is 0 Å². The highest BCUT2D eigenvalue weighted by Crippen LogP contribution is 2.30. The van der Waals surface area contributed by atoms with Gasteiger partial charge in [-0.05, 0) is 32.9 Å². The van der Waals surface area contributed by atoms with Gasteiger partial charge in [0.1, 0.15) is 23.9 Å². The van der Waals surface area contributed by atoms with Gasteiger partial charge >= 0.3 is 6.16 Å². The van der Waals surface area contributed by atoms with Crippen molar-refractivity contribution in [3.8, 4) is 17.4 Å². The average molecular weight is 432 g/mol. The first kappa shape index (κ1) is 22.4. The second-order valence-electron chi connectivity index (χ2n) is 8.06. The van der Waals surface area contributed by atoms with Crippen molar-refractivity contribution in [2.24, 2.45) is 0 Å². The molecule has 0 atom stereocenters. The van der Waals surface area contributed by atoms with E-state index in [-0.39, 0.29) is 11.9 Å². The molecule has 2 heterocycles. The molecule has 10 heteroatoms. The Morgan fingerprint density at radius 2 is 1.94 bits per heavy atom. The van der Waals surface area contributed by atoms with E-state index in [1.807, 2.05) is 0 Å². The summed E-state index contributed by atoms with van der Waals surface area (Å²) in [7, 11) is 1.49. The number of carbonyl (C=O) groups excluding carboxylic acids is 1. The van der Waals surface area contributed by atoms with E-state index < -0.39 is 11.8 Å². The van der Waals surface area contributed by atoms with Gasteiger partial charge in [-0.15, -0.1) is 5.06 Å². The van der Waals surface area contributed by atoms with Crippen LogP contribution in [0.5, 0.6) is 17.4 Å². The number of carbonyl (C=O) groups is 1. The van der Waals surface area contributed by atoms with E-state index in [9.17, 15) is 9.90 Å². The standard InChI is InChI=1S/C21H28N4O6/c1-21(2,3)30-20(27)31-25-9-7-15(8-10-25)29-19-12-18(22-13-23-19)24-14-5-6-17(28-4)16(26)11-14/h5-6,11-13,15,26H,7-10H2,1-4H3,(H,22,23,24). The lowest BCUT2D eigenvalue weighted by Gasteiger charge is -2.30. The summed E-state index contributed by atoms with van der Waals surface area (Å²) in [5.74, 6) is 1.37. The molecule has 2 N–H and O–H groups in total. The fraction of sp³-hybridized carbons (Fsp3) is 0.476. The molecular formula is C21H28N4O6. The Kier molecular flexibility index (Phi) is 7.01. The molecule has 0 spiro atoms. The van der Waals surface area contributed by atoms with E-state index in [1.165, 1.54) is 13.4 Å². The quantitative estimate of drug-likeness (QED) is 0.655. The SMILES string of the molecule is COc1ccc(Nc2cc(OC3CCN(OC(=O)OC(C)(C)C)CC3)ncn2)cc1O. The van der Waals surface area contributed by atoms with E-state index in [4.69, 9.17) is 19.0 Å². The second kappa shape index (κ2) is 9.69. The Bertz CT molecular complexity index is 894. The van der Waals surface area contributed by atoms with E-state index in [1.54, 1.807) is 50.1 Å². The van der Waals surface area contributed by atoms with Crippen LogP contribution in [0.2, 0.25) is 0 Å². The number of rotatable bonds is 6. The van der Waals surface area contributed by atoms with Crippen LogP contribution >= 0.6 is 0 Å². The van der Waals surface area contributed by atoms with Crippen LogP contribution in [0.1, 0.15) is 33.6 Å². The number of nitrogens with zero attached hydrogens (tertiary/aromatic N) is 3. The number of benzene rings is 1. The largest absolute Gasteiger partial charge is 0.528 e. The smallest absolute Gasteiger partial charge is 0.504 e. The molecule has 1 fully saturated rings. The number of methoxy groups -OCH3 is 1. The topological polar surface area (TPSA) is 115 Å². The van der Waals surface area contributed by atoms with Crippen molar-refractivity contribution in [1.82, 2.24) is 15.0 Å². The minimum Gasteiger partial charge on any atom is -0.504 e. The van der Waals surface area contributed by atoms with Gasteiger partial charge in [-0.3, -0.25) is 0 Å². The van der Waals surface area contributed by atoms with Gasteiger partial charge in [0.05, 0.1) is 7.11 Å². The van der Waals surface area contributed by atoms with Crippen LogP contribution in [0.15, 0.2) is 30.6 Å². The molecule has 0 amide bonds. The van der Waals surface area contributed by atoms with Gasteiger partial charge in [0.25, 0.3) is 0 Å². The van der Waals surface area contributed by atoms with Gasteiger partial charge in [0.15, 0.2) is 11.5 Å². The molecule has 1 aliphatic heterocycles. The monoisotopic (exact) mass is 432 g/mol. The molecule has 0 bridgehead atoms. The molecule has 3 rings (SSSR count). The van der Waals surface area contributed by atoms with Crippen molar-refractivity contribution in [2.75, 3.05) is 25.5 Å². The highest BCUT2D eigenvalue weighted by Gasteiger charge is 2.26. The Morgan fingerprint density at radius 1 is 1.19 bits per heavy atom. The molecule has 0 unspecified atom stereocenters. The Morgan fingerprint density at radius 3 is 2.58 bits per heavy atom. The number of hydrogen-bond donors (Lipinski definition) is 2. The summed E-state index contributed by atoms with van der Waals surface area (Å²) in [6, 6.07) is 6.65. The second-order valence-corrected chi connectivity index (χ2v) is 8.06. The van der Waals surface area contributed by atoms with Crippen LogP contribution in [-0.4, -0.2) is 58.2 Å². The van der Waals surface area contributed by atoms with Gasteiger partial charge in [-0.2, -0.15) is 0 Å². The predicted molar refractivity (Wildman–Crippen MR) is 113 cm³/mol. The molecule has 10 nitrogen and oxygen atoms in total. The summed E-state index contributed by atoms with van der Waals surface area (Å²) in [5.41, 5.74) is 0.0533. The average Bonchev–Trinajstić information content (AvgIpc) is 2.68. The molecule has 1 aromatic carbocycles. The van der Waals surface area contributed by atoms with Gasteiger partial charge in [-0.25, -0.2) is 14.8 Å². The molecule has 1 aromatic heterocycles. The van der Waals surface area contributed by atoms with Crippen LogP contribution in [0.3, 0.4) is 0 Å². The zero-order chi connectivity index (χ0) is 22.4. The van der Waals surface area contributed by atoms with Crippen molar-refractivity contribution in [3.05, 3.63) is 30.6 Å². The highest BCUT2D eigenvalue weighted by molar-refractivity contribution is 5.61. The lowest BCUT2D eigenvalue weighted by atomic mass is 10.1. The summed E-state index contributed by atoms with van der Waals surface area (Å²) in [6.45, 7) is 6.43. The summed E-state index contributed by atoms with van der Waals surface area (Å²) >= 11 is 0. The first-order chi connectivity index (χ1) is 14.7. The molecule has 1 saturated heterocycles. The summed E-state index contributed by atoms with van der Waals surface area (Å²) in [6.07, 6.45) is 1.97. The van der Waals surface area contributed by atoms with Crippen molar-refractivity contribution in [3.63, 3.8) is 0 Å². The molecule has 31 heavy (non-hydrogen) atoms. The van der Waals surface area contributed by atoms with E-state index in [2.05, 4.69) is 15.3 Å². The van der Waals surface area contributed by atoms with Crippen LogP contribution < -0.4 is 14.8 Å². The molecule has 0 radical (unpaired) electrons. The van der Waals surface area contributed by atoms with Gasteiger partial charge < -0.3 is 29.5 Å². The molecular weight excluding hydrogens is 404 g/mol. The molecule has 2 aromatic rings.